The Hall–Kier alpha value is -1.88. The number of hydrogen-bond donors (Lipinski definition) is 2. The number of unbranched alkanes of at least 4 members (excludes halogenated alkanes) is 5. The molecule has 0 saturated carbocycles. The molecule has 0 spiro atoms. The Kier molecular flexibility index (Phi) is 18.5. The number of carboxylic acid groups (broad SMARTS) is 1. The van der Waals surface area contributed by atoms with Gasteiger partial charge in [0.05, 0.1) is 0 Å². The minimum atomic E-state index is -0.908. The quantitative estimate of drug-likeness (QED) is 0.191. The Bertz CT molecular complexity index is 483. The summed E-state index contributed by atoms with van der Waals surface area (Å²) in [6.07, 6.45) is 23.4. The number of nitrogens with one attached hydrogen (secondary N) is 1. The van der Waals surface area contributed by atoms with Crippen molar-refractivity contribution in [2.75, 3.05) is 13.2 Å². The number of ether oxygens (including phenoxy) is 1. The zero-order chi connectivity index (χ0) is 20.9. The molecule has 0 amide bonds. The number of carbonyl (C=O) groups excluding carboxylic acids is 1. The maximum atomic E-state index is 11.6. The van der Waals surface area contributed by atoms with E-state index in [0.29, 0.717) is 13.0 Å². The maximum absolute atomic E-state index is 11.6. The SMILES string of the molecule is CC/C=C\C/C=C\C/C=C\CCCCCCCC(=O)OCCNC(C)C(=O)O. The maximum Gasteiger partial charge on any atom is 0.320 e. The molecular weight excluding hydrogens is 354 g/mol. The van der Waals surface area contributed by atoms with Crippen LogP contribution < -0.4 is 5.32 Å². The molecular formula is C23H39NO4. The van der Waals surface area contributed by atoms with Gasteiger partial charge in [-0.25, -0.2) is 0 Å². The molecule has 0 saturated heterocycles. The Morgan fingerprint density at radius 3 is 2.21 bits per heavy atom. The number of rotatable bonds is 18. The first-order valence-electron chi connectivity index (χ1n) is 10.6. The zero-order valence-electron chi connectivity index (χ0n) is 17.7. The number of allylic oxidation sites excluding steroid dienone is 6. The molecule has 0 aliphatic carbocycles. The number of carbonyl (C=O) groups is 2. The fourth-order valence-electron chi connectivity index (χ4n) is 2.49. The van der Waals surface area contributed by atoms with Gasteiger partial charge in [-0.15, -0.1) is 0 Å². The van der Waals surface area contributed by atoms with E-state index >= 15 is 0 Å². The molecule has 0 aromatic carbocycles. The summed E-state index contributed by atoms with van der Waals surface area (Å²) in [4.78, 5) is 22.2. The van der Waals surface area contributed by atoms with Gasteiger partial charge in [0.25, 0.3) is 0 Å². The lowest BCUT2D eigenvalue weighted by molar-refractivity contribution is -0.143. The van der Waals surface area contributed by atoms with Crippen molar-refractivity contribution >= 4 is 11.9 Å². The van der Waals surface area contributed by atoms with Gasteiger partial charge >= 0.3 is 11.9 Å². The summed E-state index contributed by atoms with van der Waals surface area (Å²) in [5, 5.41) is 11.5. The summed E-state index contributed by atoms with van der Waals surface area (Å²) in [7, 11) is 0. The smallest absolute Gasteiger partial charge is 0.320 e. The molecule has 160 valence electrons. The largest absolute Gasteiger partial charge is 0.480 e. The van der Waals surface area contributed by atoms with Crippen LogP contribution in [0.25, 0.3) is 0 Å². The third kappa shape index (κ3) is 18.9. The van der Waals surface area contributed by atoms with E-state index in [9.17, 15) is 9.59 Å². The second-order valence-corrected chi connectivity index (χ2v) is 6.83. The Balaban J connectivity index is 3.38. The van der Waals surface area contributed by atoms with Crippen molar-refractivity contribution in [3.8, 4) is 0 Å². The third-order valence-corrected chi connectivity index (χ3v) is 4.22. The van der Waals surface area contributed by atoms with Gasteiger partial charge in [-0.05, 0) is 45.4 Å². The van der Waals surface area contributed by atoms with E-state index in [4.69, 9.17) is 9.84 Å². The predicted molar refractivity (Wildman–Crippen MR) is 115 cm³/mol. The van der Waals surface area contributed by atoms with E-state index in [2.05, 4.69) is 48.7 Å². The van der Waals surface area contributed by atoms with Crippen LogP contribution in [0.15, 0.2) is 36.5 Å². The highest BCUT2D eigenvalue weighted by Crippen LogP contribution is 2.08. The van der Waals surface area contributed by atoms with E-state index in [1.807, 2.05) is 0 Å². The van der Waals surface area contributed by atoms with Crippen molar-refractivity contribution in [1.29, 1.82) is 0 Å². The van der Waals surface area contributed by atoms with Gasteiger partial charge in [0.1, 0.15) is 12.6 Å². The molecule has 28 heavy (non-hydrogen) atoms. The van der Waals surface area contributed by atoms with Crippen LogP contribution in [0.4, 0.5) is 0 Å². The summed E-state index contributed by atoms with van der Waals surface area (Å²) in [6.45, 7) is 4.28. The molecule has 0 aromatic rings. The van der Waals surface area contributed by atoms with E-state index in [0.717, 1.165) is 44.9 Å². The summed E-state index contributed by atoms with van der Waals surface area (Å²) < 4.78 is 5.08. The highest BCUT2D eigenvalue weighted by molar-refractivity contribution is 5.72. The summed E-state index contributed by atoms with van der Waals surface area (Å²) >= 11 is 0. The zero-order valence-corrected chi connectivity index (χ0v) is 17.7. The monoisotopic (exact) mass is 393 g/mol. The lowest BCUT2D eigenvalue weighted by Crippen LogP contribution is -2.36. The Labute approximate surface area is 170 Å². The molecule has 0 rings (SSSR count). The average Bonchev–Trinajstić information content (AvgIpc) is 2.68. The van der Waals surface area contributed by atoms with E-state index < -0.39 is 12.0 Å². The third-order valence-electron chi connectivity index (χ3n) is 4.22. The van der Waals surface area contributed by atoms with Gasteiger partial charge in [0, 0.05) is 13.0 Å². The lowest BCUT2D eigenvalue weighted by Gasteiger charge is -2.09. The van der Waals surface area contributed by atoms with Crippen LogP contribution in [0.1, 0.15) is 78.1 Å². The van der Waals surface area contributed by atoms with E-state index in [-0.39, 0.29) is 12.6 Å². The average molecular weight is 394 g/mol. The number of hydrogen-bond acceptors (Lipinski definition) is 4. The minimum absolute atomic E-state index is 0.203. The van der Waals surface area contributed by atoms with Crippen LogP contribution >= 0.6 is 0 Å². The Morgan fingerprint density at radius 1 is 0.929 bits per heavy atom. The molecule has 5 nitrogen and oxygen atoms in total. The van der Waals surface area contributed by atoms with Crippen molar-refractivity contribution in [3.05, 3.63) is 36.5 Å². The van der Waals surface area contributed by atoms with E-state index in [1.54, 1.807) is 6.92 Å². The van der Waals surface area contributed by atoms with Gasteiger partial charge < -0.3 is 15.2 Å². The molecule has 0 heterocycles. The highest BCUT2D eigenvalue weighted by Gasteiger charge is 2.09. The normalized spacial score (nSPS) is 12.9. The first-order chi connectivity index (χ1) is 13.6. The van der Waals surface area contributed by atoms with Gasteiger partial charge in [-0.3, -0.25) is 9.59 Å². The predicted octanol–water partition coefficient (Wildman–Crippen LogP) is 5.18. The van der Waals surface area contributed by atoms with Crippen molar-refractivity contribution in [1.82, 2.24) is 5.32 Å². The first kappa shape index (κ1) is 26.1. The molecule has 5 heteroatoms. The van der Waals surface area contributed by atoms with Gasteiger partial charge in [-0.2, -0.15) is 0 Å². The lowest BCUT2D eigenvalue weighted by atomic mass is 10.1. The number of aliphatic carboxylic acids is 1. The van der Waals surface area contributed by atoms with Crippen molar-refractivity contribution in [2.24, 2.45) is 0 Å². The van der Waals surface area contributed by atoms with Crippen LogP contribution in [0.2, 0.25) is 0 Å². The van der Waals surface area contributed by atoms with Crippen LogP contribution in [0.5, 0.6) is 0 Å². The molecule has 0 aliphatic rings. The molecule has 0 radical (unpaired) electrons. The van der Waals surface area contributed by atoms with Crippen molar-refractivity contribution in [3.63, 3.8) is 0 Å². The fourth-order valence-corrected chi connectivity index (χ4v) is 2.49. The second kappa shape index (κ2) is 19.9. The van der Waals surface area contributed by atoms with Crippen LogP contribution in [-0.2, 0) is 14.3 Å². The highest BCUT2D eigenvalue weighted by atomic mass is 16.5. The standard InChI is InChI=1S/C23H39NO4/c1-3-4-5-6-7-8-9-10-11-12-13-14-15-16-17-18-22(25)28-20-19-24-21(2)23(26)27/h4-5,7-8,10-11,21,24H,3,6,9,12-20H2,1-2H3,(H,26,27)/b5-4-,8-7-,11-10-. The van der Waals surface area contributed by atoms with Gasteiger partial charge in [-0.1, -0.05) is 62.6 Å². The van der Waals surface area contributed by atoms with Crippen molar-refractivity contribution < 1.29 is 19.4 Å². The molecule has 0 bridgehead atoms. The number of esters is 1. The molecule has 1 atom stereocenters. The fraction of sp³-hybridized carbons (Fsp3) is 0.652. The summed E-state index contributed by atoms with van der Waals surface area (Å²) in [5.74, 6) is -1.11. The van der Waals surface area contributed by atoms with Crippen LogP contribution in [0.3, 0.4) is 0 Å². The second-order valence-electron chi connectivity index (χ2n) is 6.83. The topological polar surface area (TPSA) is 75.6 Å². The first-order valence-corrected chi connectivity index (χ1v) is 10.6. The van der Waals surface area contributed by atoms with E-state index in [1.165, 1.54) is 12.8 Å². The molecule has 1 unspecified atom stereocenters. The molecule has 0 aromatic heterocycles. The summed E-state index contributed by atoms with van der Waals surface area (Å²) in [5.41, 5.74) is 0. The van der Waals surface area contributed by atoms with Gasteiger partial charge in [0.15, 0.2) is 0 Å². The molecule has 0 aliphatic heterocycles. The van der Waals surface area contributed by atoms with Gasteiger partial charge in [0.2, 0.25) is 0 Å². The van der Waals surface area contributed by atoms with Crippen LogP contribution in [0, 0.1) is 0 Å². The minimum Gasteiger partial charge on any atom is -0.480 e. The molecule has 2 N–H and O–H groups in total. The number of carboxylic acids is 1. The van der Waals surface area contributed by atoms with Crippen LogP contribution in [-0.4, -0.2) is 36.2 Å². The Morgan fingerprint density at radius 2 is 1.54 bits per heavy atom. The molecule has 0 fully saturated rings. The summed E-state index contributed by atoms with van der Waals surface area (Å²) in [6, 6.07) is -0.627. The van der Waals surface area contributed by atoms with Crippen molar-refractivity contribution in [2.45, 2.75) is 84.1 Å².